The molecule has 6 heteroatoms. The van der Waals surface area contributed by atoms with Crippen molar-refractivity contribution in [2.75, 3.05) is 11.9 Å². The molecular formula is C15H18ClN3O2. The molecule has 1 aliphatic heterocycles. The van der Waals surface area contributed by atoms with Crippen molar-refractivity contribution in [3.8, 4) is 0 Å². The highest BCUT2D eigenvalue weighted by Gasteiger charge is 2.13. The molecule has 0 unspecified atom stereocenters. The van der Waals surface area contributed by atoms with Crippen molar-refractivity contribution >= 4 is 29.2 Å². The van der Waals surface area contributed by atoms with Crippen LogP contribution in [0.4, 0.5) is 10.5 Å². The SMILES string of the molecule is CCCCc1ccc(NC(=O)NC2=CC(=O)NC2)cc1Cl. The van der Waals surface area contributed by atoms with Gasteiger partial charge in [-0.25, -0.2) is 4.79 Å². The Kier molecular flexibility index (Phi) is 5.22. The van der Waals surface area contributed by atoms with Crippen LogP contribution >= 0.6 is 11.6 Å². The van der Waals surface area contributed by atoms with Crippen molar-refractivity contribution in [3.05, 3.63) is 40.6 Å². The second-order valence-electron chi connectivity index (χ2n) is 4.88. The van der Waals surface area contributed by atoms with E-state index in [0.29, 0.717) is 23.0 Å². The van der Waals surface area contributed by atoms with Gasteiger partial charge in [0.15, 0.2) is 0 Å². The number of hydrogen-bond donors (Lipinski definition) is 3. The van der Waals surface area contributed by atoms with Gasteiger partial charge >= 0.3 is 6.03 Å². The first kappa shape index (κ1) is 15.4. The van der Waals surface area contributed by atoms with E-state index in [0.717, 1.165) is 24.8 Å². The van der Waals surface area contributed by atoms with Gasteiger partial charge in [-0.05, 0) is 30.5 Å². The van der Waals surface area contributed by atoms with Crippen LogP contribution in [0, 0.1) is 0 Å². The third kappa shape index (κ3) is 4.49. The summed E-state index contributed by atoms with van der Waals surface area (Å²) in [7, 11) is 0. The Morgan fingerprint density at radius 1 is 1.38 bits per heavy atom. The third-order valence-electron chi connectivity index (χ3n) is 3.14. The molecule has 0 fully saturated rings. The van der Waals surface area contributed by atoms with Gasteiger partial charge in [0.2, 0.25) is 5.91 Å². The van der Waals surface area contributed by atoms with E-state index >= 15 is 0 Å². The van der Waals surface area contributed by atoms with Crippen molar-refractivity contribution in [1.82, 2.24) is 10.6 Å². The largest absolute Gasteiger partial charge is 0.347 e. The van der Waals surface area contributed by atoms with Gasteiger partial charge in [-0.1, -0.05) is 31.0 Å². The van der Waals surface area contributed by atoms with Crippen molar-refractivity contribution in [2.45, 2.75) is 26.2 Å². The maximum absolute atomic E-state index is 11.8. The first-order chi connectivity index (χ1) is 10.1. The van der Waals surface area contributed by atoms with Crippen LogP contribution in [0.25, 0.3) is 0 Å². The van der Waals surface area contributed by atoms with E-state index in [9.17, 15) is 9.59 Å². The number of hydrogen-bond acceptors (Lipinski definition) is 2. The van der Waals surface area contributed by atoms with Gasteiger partial charge in [0.25, 0.3) is 0 Å². The monoisotopic (exact) mass is 307 g/mol. The lowest BCUT2D eigenvalue weighted by atomic mass is 10.1. The summed E-state index contributed by atoms with van der Waals surface area (Å²) in [5.41, 5.74) is 2.25. The Bertz CT molecular complexity index is 584. The number of halogens is 1. The van der Waals surface area contributed by atoms with E-state index in [1.807, 2.05) is 12.1 Å². The molecule has 2 rings (SSSR count). The quantitative estimate of drug-likeness (QED) is 0.783. The van der Waals surface area contributed by atoms with Gasteiger partial charge in [-0.15, -0.1) is 0 Å². The first-order valence-electron chi connectivity index (χ1n) is 6.93. The van der Waals surface area contributed by atoms with Crippen molar-refractivity contribution in [1.29, 1.82) is 0 Å². The normalized spacial score (nSPS) is 13.6. The molecule has 0 spiro atoms. The zero-order valence-electron chi connectivity index (χ0n) is 11.8. The molecule has 0 bridgehead atoms. The van der Waals surface area contributed by atoms with Crippen LogP contribution in [0.3, 0.4) is 0 Å². The molecule has 0 saturated heterocycles. The van der Waals surface area contributed by atoms with Crippen LogP contribution in [0.1, 0.15) is 25.3 Å². The van der Waals surface area contributed by atoms with Crippen molar-refractivity contribution in [3.63, 3.8) is 0 Å². The predicted molar refractivity (Wildman–Crippen MR) is 83.3 cm³/mol. The van der Waals surface area contributed by atoms with Crippen LogP contribution in [0.15, 0.2) is 30.0 Å². The van der Waals surface area contributed by atoms with E-state index in [1.165, 1.54) is 6.08 Å². The highest BCUT2D eigenvalue weighted by Crippen LogP contribution is 2.22. The van der Waals surface area contributed by atoms with Gasteiger partial charge in [0.1, 0.15) is 0 Å². The molecule has 0 aromatic heterocycles. The molecule has 0 atom stereocenters. The number of carbonyl (C=O) groups excluding carboxylic acids is 2. The fourth-order valence-corrected chi connectivity index (χ4v) is 2.30. The van der Waals surface area contributed by atoms with Gasteiger partial charge in [-0.3, -0.25) is 4.79 Å². The van der Waals surface area contributed by atoms with Crippen LogP contribution in [-0.4, -0.2) is 18.5 Å². The van der Waals surface area contributed by atoms with Crippen molar-refractivity contribution < 1.29 is 9.59 Å². The molecule has 21 heavy (non-hydrogen) atoms. The number of nitrogens with one attached hydrogen (secondary N) is 3. The number of unbranched alkanes of at least 4 members (excludes halogenated alkanes) is 1. The van der Waals surface area contributed by atoms with Crippen LogP contribution in [-0.2, 0) is 11.2 Å². The van der Waals surface area contributed by atoms with Gasteiger partial charge in [0, 0.05) is 22.5 Å². The molecule has 1 aliphatic rings. The summed E-state index contributed by atoms with van der Waals surface area (Å²) in [6.07, 6.45) is 4.49. The minimum atomic E-state index is -0.393. The molecule has 0 aliphatic carbocycles. The Morgan fingerprint density at radius 2 is 2.19 bits per heavy atom. The molecule has 3 N–H and O–H groups in total. The maximum Gasteiger partial charge on any atom is 0.323 e. The second-order valence-corrected chi connectivity index (χ2v) is 5.28. The molecule has 1 aromatic carbocycles. The lowest BCUT2D eigenvalue weighted by Gasteiger charge is -2.10. The van der Waals surface area contributed by atoms with Gasteiger partial charge < -0.3 is 16.0 Å². The van der Waals surface area contributed by atoms with Gasteiger partial charge in [-0.2, -0.15) is 0 Å². The third-order valence-corrected chi connectivity index (χ3v) is 3.49. The van der Waals surface area contributed by atoms with Crippen LogP contribution in [0.5, 0.6) is 0 Å². The maximum atomic E-state index is 11.8. The summed E-state index contributed by atoms with van der Waals surface area (Å²) in [5, 5.41) is 8.54. The molecule has 0 radical (unpaired) electrons. The average Bonchev–Trinajstić information content (AvgIpc) is 2.83. The molecule has 112 valence electrons. The predicted octanol–water partition coefficient (Wildman–Crippen LogP) is 2.82. The number of carbonyl (C=O) groups is 2. The highest BCUT2D eigenvalue weighted by molar-refractivity contribution is 6.31. The second kappa shape index (κ2) is 7.13. The van der Waals surface area contributed by atoms with E-state index in [1.54, 1.807) is 6.07 Å². The average molecular weight is 308 g/mol. The van der Waals surface area contributed by atoms with E-state index in [4.69, 9.17) is 11.6 Å². The molecule has 5 nitrogen and oxygen atoms in total. The zero-order chi connectivity index (χ0) is 15.2. The molecule has 0 saturated carbocycles. The molecular weight excluding hydrogens is 290 g/mol. The lowest BCUT2D eigenvalue weighted by molar-refractivity contribution is -0.115. The summed E-state index contributed by atoms with van der Waals surface area (Å²) >= 11 is 6.20. The number of aryl methyl sites for hydroxylation is 1. The standard InChI is InChI=1S/C15H18ClN3O2/c1-2-3-4-10-5-6-11(7-13(10)16)18-15(21)19-12-8-14(20)17-9-12/h5-8H,2-4,9H2,1H3,(H,17,20)(H2,18,19,21). The summed E-state index contributed by atoms with van der Waals surface area (Å²) in [4.78, 5) is 22.8. The summed E-state index contributed by atoms with van der Waals surface area (Å²) in [5.74, 6) is -0.200. The lowest BCUT2D eigenvalue weighted by Crippen LogP contribution is -2.30. The Labute approximate surface area is 128 Å². The Balaban J connectivity index is 1.93. The number of benzene rings is 1. The number of anilines is 1. The number of amides is 3. The fourth-order valence-electron chi connectivity index (χ4n) is 2.03. The molecule has 1 aromatic rings. The van der Waals surface area contributed by atoms with Gasteiger partial charge in [0.05, 0.1) is 6.54 Å². The smallest absolute Gasteiger partial charge is 0.323 e. The summed E-state index contributed by atoms with van der Waals surface area (Å²) < 4.78 is 0. The van der Waals surface area contributed by atoms with E-state index in [-0.39, 0.29) is 5.91 Å². The minimum absolute atomic E-state index is 0.200. The number of rotatable bonds is 5. The Hall–Kier alpha value is -2.01. The highest BCUT2D eigenvalue weighted by atomic mass is 35.5. The van der Waals surface area contributed by atoms with E-state index in [2.05, 4.69) is 22.9 Å². The Morgan fingerprint density at radius 3 is 2.81 bits per heavy atom. The zero-order valence-corrected chi connectivity index (χ0v) is 12.6. The summed E-state index contributed by atoms with van der Waals surface area (Å²) in [6.45, 7) is 2.47. The summed E-state index contributed by atoms with van der Waals surface area (Å²) in [6, 6.07) is 5.09. The number of urea groups is 1. The first-order valence-corrected chi connectivity index (χ1v) is 7.31. The van der Waals surface area contributed by atoms with Crippen LogP contribution < -0.4 is 16.0 Å². The minimum Gasteiger partial charge on any atom is -0.347 e. The van der Waals surface area contributed by atoms with Crippen LogP contribution in [0.2, 0.25) is 5.02 Å². The molecule has 1 heterocycles. The molecule has 3 amide bonds. The van der Waals surface area contributed by atoms with E-state index < -0.39 is 6.03 Å². The topological polar surface area (TPSA) is 70.2 Å². The fraction of sp³-hybridized carbons (Fsp3) is 0.333. The van der Waals surface area contributed by atoms with Crippen molar-refractivity contribution in [2.24, 2.45) is 0 Å².